The summed E-state index contributed by atoms with van der Waals surface area (Å²) < 4.78 is 2.04. The van der Waals surface area contributed by atoms with Gasteiger partial charge in [0.05, 0.1) is 5.56 Å². The number of benzene rings is 3. The number of nitrogens with zero attached hydrogens (tertiary/aromatic N) is 2. The van der Waals surface area contributed by atoms with Gasteiger partial charge in [0.15, 0.2) is 0 Å². The lowest BCUT2D eigenvalue weighted by atomic mass is 9.97. The molecule has 1 aromatic heterocycles. The molecule has 0 bridgehead atoms. The second-order valence-corrected chi connectivity index (χ2v) is 7.04. The van der Waals surface area contributed by atoms with Gasteiger partial charge in [-0.3, -0.25) is 4.79 Å². The molecule has 0 atom stereocenters. The Kier molecular flexibility index (Phi) is 4.21. The van der Waals surface area contributed by atoms with Crippen molar-refractivity contribution in [3.05, 3.63) is 71.9 Å². The summed E-state index contributed by atoms with van der Waals surface area (Å²) in [6.07, 6.45) is 0. The van der Waals surface area contributed by atoms with Crippen molar-refractivity contribution >= 4 is 27.6 Å². The first-order valence-corrected chi connectivity index (χ1v) is 9.04. The Labute approximate surface area is 158 Å². The Hall–Kier alpha value is -3.11. The van der Waals surface area contributed by atoms with Crippen molar-refractivity contribution in [2.45, 2.75) is 6.54 Å². The van der Waals surface area contributed by atoms with E-state index in [1.54, 1.807) is 19.0 Å². The van der Waals surface area contributed by atoms with Gasteiger partial charge in [0, 0.05) is 44.3 Å². The van der Waals surface area contributed by atoms with E-state index in [0.717, 1.165) is 22.2 Å². The summed E-state index contributed by atoms with van der Waals surface area (Å²) in [5.41, 5.74) is 10.9. The molecule has 0 radical (unpaired) electrons. The standard InChI is InChI=1S/C23H23N3O/c1-25(2)23(27)22-19-12-11-16(13-20(19)26(3)21(22)14-24)18-10-6-8-15-7-4-5-9-17(15)18/h4-13H,14,24H2,1-3H3. The molecule has 3 aromatic carbocycles. The fourth-order valence-corrected chi connectivity index (χ4v) is 3.84. The fourth-order valence-electron chi connectivity index (χ4n) is 3.84. The Morgan fingerprint density at radius 1 is 1.00 bits per heavy atom. The first kappa shape index (κ1) is 17.3. The van der Waals surface area contributed by atoms with Crippen LogP contribution in [0.3, 0.4) is 0 Å². The van der Waals surface area contributed by atoms with Crippen LogP contribution in [0.2, 0.25) is 0 Å². The number of carbonyl (C=O) groups excluding carboxylic acids is 1. The molecule has 136 valence electrons. The summed E-state index contributed by atoms with van der Waals surface area (Å²) in [7, 11) is 5.52. The monoisotopic (exact) mass is 357 g/mol. The molecular formula is C23H23N3O. The molecule has 0 aliphatic rings. The first-order chi connectivity index (χ1) is 13.0. The van der Waals surface area contributed by atoms with Gasteiger partial charge in [0.2, 0.25) is 0 Å². The minimum Gasteiger partial charge on any atom is -0.346 e. The molecular weight excluding hydrogens is 334 g/mol. The second kappa shape index (κ2) is 6.56. The summed E-state index contributed by atoms with van der Waals surface area (Å²) in [6, 6.07) is 21.0. The van der Waals surface area contributed by atoms with E-state index >= 15 is 0 Å². The zero-order valence-electron chi connectivity index (χ0n) is 15.9. The maximum atomic E-state index is 12.7. The normalized spacial score (nSPS) is 11.3. The van der Waals surface area contributed by atoms with Crippen molar-refractivity contribution in [3.63, 3.8) is 0 Å². The van der Waals surface area contributed by atoms with Crippen LogP contribution in [0.25, 0.3) is 32.8 Å². The summed E-state index contributed by atoms with van der Waals surface area (Å²) in [4.78, 5) is 14.3. The molecule has 4 aromatic rings. The van der Waals surface area contributed by atoms with Gasteiger partial charge >= 0.3 is 0 Å². The Balaban J connectivity index is 1.98. The molecule has 2 N–H and O–H groups in total. The third-order valence-electron chi connectivity index (χ3n) is 5.24. The molecule has 4 heteroatoms. The van der Waals surface area contributed by atoms with Crippen LogP contribution in [0.4, 0.5) is 0 Å². The van der Waals surface area contributed by atoms with E-state index in [0.29, 0.717) is 12.1 Å². The molecule has 0 aliphatic carbocycles. The Morgan fingerprint density at radius 2 is 1.74 bits per heavy atom. The van der Waals surface area contributed by atoms with Crippen LogP contribution in [0.15, 0.2) is 60.7 Å². The minimum absolute atomic E-state index is 0.0149. The van der Waals surface area contributed by atoms with Crippen LogP contribution in [-0.4, -0.2) is 29.5 Å². The Morgan fingerprint density at radius 3 is 2.48 bits per heavy atom. The first-order valence-electron chi connectivity index (χ1n) is 9.04. The van der Waals surface area contributed by atoms with E-state index in [1.807, 2.05) is 17.7 Å². The van der Waals surface area contributed by atoms with Gasteiger partial charge < -0.3 is 15.2 Å². The summed E-state index contributed by atoms with van der Waals surface area (Å²) in [6.45, 7) is 0.323. The average Bonchev–Trinajstić information content (AvgIpc) is 2.98. The molecule has 0 saturated heterocycles. The van der Waals surface area contributed by atoms with Crippen molar-refractivity contribution in [3.8, 4) is 11.1 Å². The highest BCUT2D eigenvalue weighted by molar-refractivity contribution is 6.09. The van der Waals surface area contributed by atoms with Crippen LogP contribution < -0.4 is 5.73 Å². The van der Waals surface area contributed by atoms with Crippen molar-refractivity contribution in [2.75, 3.05) is 14.1 Å². The molecule has 0 unspecified atom stereocenters. The number of hydrogen-bond acceptors (Lipinski definition) is 2. The molecule has 0 spiro atoms. The van der Waals surface area contributed by atoms with E-state index in [1.165, 1.54) is 16.3 Å². The van der Waals surface area contributed by atoms with Crippen molar-refractivity contribution in [2.24, 2.45) is 12.8 Å². The lowest BCUT2D eigenvalue weighted by molar-refractivity contribution is 0.0828. The van der Waals surface area contributed by atoms with Crippen LogP contribution in [-0.2, 0) is 13.6 Å². The lowest BCUT2D eigenvalue weighted by Gasteiger charge is -2.11. The third kappa shape index (κ3) is 2.69. The maximum Gasteiger partial charge on any atom is 0.255 e. The van der Waals surface area contributed by atoms with E-state index in [4.69, 9.17) is 5.73 Å². The van der Waals surface area contributed by atoms with Gasteiger partial charge in [-0.2, -0.15) is 0 Å². The highest BCUT2D eigenvalue weighted by Crippen LogP contribution is 2.33. The number of aromatic nitrogens is 1. The van der Waals surface area contributed by atoms with Gasteiger partial charge in [-0.15, -0.1) is 0 Å². The van der Waals surface area contributed by atoms with Crippen LogP contribution in [0.1, 0.15) is 16.1 Å². The highest BCUT2D eigenvalue weighted by Gasteiger charge is 2.22. The van der Waals surface area contributed by atoms with Gasteiger partial charge in [-0.25, -0.2) is 0 Å². The van der Waals surface area contributed by atoms with Gasteiger partial charge in [0.25, 0.3) is 5.91 Å². The molecule has 0 fully saturated rings. The topological polar surface area (TPSA) is 51.3 Å². The predicted octanol–water partition coefficient (Wildman–Crippen LogP) is 4.16. The number of fused-ring (bicyclic) bond motifs is 2. The van der Waals surface area contributed by atoms with E-state index in [-0.39, 0.29) is 5.91 Å². The van der Waals surface area contributed by atoms with Gasteiger partial charge in [0.1, 0.15) is 0 Å². The largest absolute Gasteiger partial charge is 0.346 e. The molecule has 1 amide bonds. The number of aryl methyl sites for hydroxylation is 1. The SMILES string of the molecule is CN(C)C(=O)c1c(CN)n(C)c2cc(-c3cccc4ccccc34)ccc12. The zero-order chi connectivity index (χ0) is 19.1. The number of nitrogens with two attached hydrogens (primary N) is 1. The quantitative estimate of drug-likeness (QED) is 0.598. The van der Waals surface area contributed by atoms with E-state index in [2.05, 4.69) is 54.6 Å². The van der Waals surface area contributed by atoms with Crippen molar-refractivity contribution in [1.29, 1.82) is 0 Å². The predicted molar refractivity (Wildman–Crippen MR) is 112 cm³/mol. The molecule has 0 saturated carbocycles. The Bertz CT molecular complexity index is 1170. The highest BCUT2D eigenvalue weighted by atomic mass is 16.2. The number of rotatable bonds is 3. The number of hydrogen-bond donors (Lipinski definition) is 1. The van der Waals surface area contributed by atoms with Crippen molar-refractivity contribution in [1.82, 2.24) is 9.47 Å². The average molecular weight is 357 g/mol. The zero-order valence-corrected chi connectivity index (χ0v) is 15.9. The number of amides is 1. The summed E-state index contributed by atoms with van der Waals surface area (Å²) in [5, 5.41) is 3.38. The van der Waals surface area contributed by atoms with Gasteiger partial charge in [-0.05, 0) is 28.0 Å². The molecule has 4 rings (SSSR count). The lowest BCUT2D eigenvalue weighted by Crippen LogP contribution is -2.23. The van der Waals surface area contributed by atoms with Crippen molar-refractivity contribution < 1.29 is 4.79 Å². The smallest absolute Gasteiger partial charge is 0.255 e. The van der Waals surface area contributed by atoms with Crippen LogP contribution in [0, 0.1) is 0 Å². The second-order valence-electron chi connectivity index (χ2n) is 7.04. The molecule has 1 heterocycles. The third-order valence-corrected chi connectivity index (χ3v) is 5.24. The molecule has 0 aliphatic heterocycles. The fraction of sp³-hybridized carbons (Fsp3) is 0.174. The summed E-state index contributed by atoms with van der Waals surface area (Å²) in [5.74, 6) is -0.0149. The van der Waals surface area contributed by atoms with E-state index in [9.17, 15) is 4.79 Å². The van der Waals surface area contributed by atoms with Gasteiger partial charge in [-0.1, -0.05) is 54.6 Å². The summed E-state index contributed by atoms with van der Waals surface area (Å²) >= 11 is 0. The van der Waals surface area contributed by atoms with Crippen LogP contribution >= 0.6 is 0 Å². The van der Waals surface area contributed by atoms with E-state index < -0.39 is 0 Å². The molecule has 27 heavy (non-hydrogen) atoms. The number of carbonyl (C=O) groups is 1. The van der Waals surface area contributed by atoms with Crippen LogP contribution in [0.5, 0.6) is 0 Å². The minimum atomic E-state index is -0.0149. The molecule has 4 nitrogen and oxygen atoms in total. The maximum absolute atomic E-state index is 12.7.